The summed E-state index contributed by atoms with van der Waals surface area (Å²) in [5, 5.41) is 43.3. The molecule has 0 aliphatic heterocycles. The molecule has 9 nitrogen and oxygen atoms in total. The van der Waals surface area contributed by atoms with Crippen molar-refractivity contribution < 1.29 is 35.1 Å². The SMILES string of the molecule is O=C(O)c1ccc(O)cc1C(=O)Nc1ccc(Cc2ccc(Nc3cc(O)ccc3COO)cc2)cc1. The van der Waals surface area contributed by atoms with Gasteiger partial charge in [-0.3, -0.25) is 10.1 Å². The van der Waals surface area contributed by atoms with Crippen molar-refractivity contribution in [2.45, 2.75) is 13.0 Å². The topological polar surface area (TPSA) is 148 Å². The summed E-state index contributed by atoms with van der Waals surface area (Å²) >= 11 is 0. The lowest BCUT2D eigenvalue weighted by molar-refractivity contribution is -0.252. The van der Waals surface area contributed by atoms with E-state index in [9.17, 15) is 24.9 Å². The van der Waals surface area contributed by atoms with Crippen LogP contribution in [0, 0.1) is 0 Å². The minimum atomic E-state index is -1.26. The predicted octanol–water partition coefficient (Wildman–Crippen LogP) is 5.37. The summed E-state index contributed by atoms with van der Waals surface area (Å²) in [6.45, 7) is -0.0221. The smallest absolute Gasteiger partial charge is 0.336 e. The number of aromatic carboxylic acids is 1. The summed E-state index contributed by atoms with van der Waals surface area (Å²) < 4.78 is 0. The second-order valence-electron chi connectivity index (χ2n) is 8.30. The number of phenolic OH excluding ortho intramolecular Hbond substituents is 2. The highest BCUT2D eigenvalue weighted by molar-refractivity contribution is 6.11. The molecule has 4 rings (SSSR count). The van der Waals surface area contributed by atoms with Crippen molar-refractivity contribution in [3.05, 3.63) is 113 Å². The molecule has 4 aromatic rings. The number of nitrogens with one attached hydrogen (secondary N) is 2. The average Bonchev–Trinajstić information content (AvgIpc) is 2.88. The van der Waals surface area contributed by atoms with Crippen LogP contribution in [-0.4, -0.2) is 32.5 Å². The first-order valence-corrected chi connectivity index (χ1v) is 11.2. The second kappa shape index (κ2) is 11.3. The molecular formula is C28H24N2O7. The van der Waals surface area contributed by atoms with Gasteiger partial charge in [0.2, 0.25) is 0 Å². The number of hydrogen-bond acceptors (Lipinski definition) is 7. The van der Waals surface area contributed by atoms with Crippen LogP contribution in [-0.2, 0) is 17.9 Å². The molecule has 9 heteroatoms. The predicted molar refractivity (Wildman–Crippen MR) is 138 cm³/mol. The fraction of sp³-hybridized carbons (Fsp3) is 0.0714. The molecule has 0 aliphatic rings. The van der Waals surface area contributed by atoms with Gasteiger partial charge in [0.25, 0.3) is 5.91 Å². The van der Waals surface area contributed by atoms with Gasteiger partial charge in [-0.25, -0.2) is 9.68 Å². The van der Waals surface area contributed by atoms with Gasteiger partial charge in [0.15, 0.2) is 0 Å². The van der Waals surface area contributed by atoms with E-state index in [1.165, 1.54) is 18.2 Å². The number of aromatic hydroxyl groups is 2. The maximum Gasteiger partial charge on any atom is 0.336 e. The minimum absolute atomic E-state index is 0.0221. The molecule has 6 N–H and O–H groups in total. The highest BCUT2D eigenvalue weighted by Gasteiger charge is 2.17. The van der Waals surface area contributed by atoms with E-state index in [1.54, 1.807) is 24.3 Å². The van der Waals surface area contributed by atoms with E-state index >= 15 is 0 Å². The fourth-order valence-corrected chi connectivity index (χ4v) is 3.78. The fourth-order valence-electron chi connectivity index (χ4n) is 3.78. The summed E-state index contributed by atoms with van der Waals surface area (Å²) in [4.78, 5) is 28.2. The van der Waals surface area contributed by atoms with E-state index in [0.717, 1.165) is 22.9 Å². The number of carbonyl (C=O) groups is 2. The van der Waals surface area contributed by atoms with Crippen LogP contribution >= 0.6 is 0 Å². The van der Waals surface area contributed by atoms with Crippen LogP contribution in [0.5, 0.6) is 11.5 Å². The van der Waals surface area contributed by atoms with E-state index in [1.807, 2.05) is 36.4 Å². The summed E-state index contributed by atoms with van der Waals surface area (Å²) in [7, 11) is 0. The Labute approximate surface area is 212 Å². The molecule has 188 valence electrons. The molecule has 4 aromatic carbocycles. The quantitative estimate of drug-likeness (QED) is 0.133. The zero-order chi connectivity index (χ0) is 26.4. The van der Waals surface area contributed by atoms with Gasteiger partial charge in [0.05, 0.1) is 11.1 Å². The van der Waals surface area contributed by atoms with Gasteiger partial charge in [0.1, 0.15) is 18.1 Å². The van der Waals surface area contributed by atoms with Crippen molar-refractivity contribution >= 4 is 28.9 Å². The Balaban J connectivity index is 1.40. The van der Waals surface area contributed by atoms with Gasteiger partial charge >= 0.3 is 5.97 Å². The number of anilines is 3. The highest BCUT2D eigenvalue weighted by atomic mass is 17.1. The summed E-state index contributed by atoms with van der Waals surface area (Å²) in [6, 6.07) is 23.1. The summed E-state index contributed by atoms with van der Waals surface area (Å²) in [5.74, 6) is -2.01. The first-order chi connectivity index (χ1) is 17.8. The van der Waals surface area contributed by atoms with Crippen molar-refractivity contribution in [2.24, 2.45) is 0 Å². The van der Waals surface area contributed by atoms with Crippen molar-refractivity contribution in [3.63, 3.8) is 0 Å². The molecule has 0 saturated carbocycles. The Morgan fingerprint density at radius 2 is 1.32 bits per heavy atom. The van der Waals surface area contributed by atoms with Crippen LogP contribution in [0.25, 0.3) is 0 Å². The zero-order valence-corrected chi connectivity index (χ0v) is 19.5. The van der Waals surface area contributed by atoms with E-state index in [2.05, 4.69) is 15.5 Å². The Bertz CT molecular complexity index is 1420. The lowest BCUT2D eigenvalue weighted by Gasteiger charge is -2.12. The first-order valence-electron chi connectivity index (χ1n) is 11.2. The molecule has 0 atom stereocenters. The minimum Gasteiger partial charge on any atom is -0.508 e. The van der Waals surface area contributed by atoms with Crippen LogP contribution in [0.2, 0.25) is 0 Å². The monoisotopic (exact) mass is 500 g/mol. The maximum absolute atomic E-state index is 12.6. The number of hydrogen-bond donors (Lipinski definition) is 6. The number of carbonyl (C=O) groups excluding carboxylic acids is 1. The number of carboxylic acid groups (broad SMARTS) is 1. The van der Waals surface area contributed by atoms with Gasteiger partial charge in [-0.05, 0) is 66.1 Å². The van der Waals surface area contributed by atoms with Gasteiger partial charge in [-0.15, -0.1) is 0 Å². The third kappa shape index (κ3) is 6.43. The number of amides is 1. The second-order valence-corrected chi connectivity index (χ2v) is 8.30. The lowest BCUT2D eigenvalue weighted by Crippen LogP contribution is -2.16. The van der Waals surface area contributed by atoms with Crippen LogP contribution < -0.4 is 10.6 Å². The molecule has 0 spiro atoms. The van der Waals surface area contributed by atoms with Crippen molar-refractivity contribution in [3.8, 4) is 11.5 Å². The third-order valence-corrected chi connectivity index (χ3v) is 5.64. The Morgan fingerprint density at radius 1 is 0.730 bits per heavy atom. The standard InChI is InChI=1S/C28H24N2O7/c31-22-11-12-24(28(34)35)25(14-22)27(33)30-21-8-3-18(4-9-21)13-17-1-6-20(7-2-17)29-26-15-23(32)10-5-19(26)16-37-36/h1-12,14-15,29,31-32,36H,13,16H2,(H,30,33)(H,34,35). The van der Waals surface area contributed by atoms with Gasteiger partial charge in [-0.2, -0.15) is 0 Å². The van der Waals surface area contributed by atoms with Crippen LogP contribution in [0.4, 0.5) is 17.1 Å². The maximum atomic E-state index is 12.6. The third-order valence-electron chi connectivity index (χ3n) is 5.64. The molecule has 0 heterocycles. The molecule has 0 aliphatic carbocycles. The van der Waals surface area contributed by atoms with Gasteiger partial charge in [0, 0.05) is 28.7 Å². The largest absolute Gasteiger partial charge is 0.508 e. The molecule has 0 bridgehead atoms. The lowest BCUT2D eigenvalue weighted by atomic mass is 10.0. The molecule has 0 unspecified atom stereocenters. The molecule has 1 amide bonds. The number of carboxylic acids is 1. The van der Waals surface area contributed by atoms with E-state index < -0.39 is 11.9 Å². The van der Waals surface area contributed by atoms with Crippen molar-refractivity contribution in [2.75, 3.05) is 10.6 Å². The molecule has 0 aromatic heterocycles. The van der Waals surface area contributed by atoms with Crippen LogP contribution in [0.3, 0.4) is 0 Å². The van der Waals surface area contributed by atoms with Crippen molar-refractivity contribution in [1.29, 1.82) is 0 Å². The molecule has 0 saturated heterocycles. The number of phenols is 2. The zero-order valence-electron chi connectivity index (χ0n) is 19.5. The first kappa shape index (κ1) is 25.2. The van der Waals surface area contributed by atoms with E-state index in [-0.39, 0.29) is 29.2 Å². The molecule has 0 fully saturated rings. The number of rotatable bonds is 9. The average molecular weight is 501 g/mol. The van der Waals surface area contributed by atoms with Crippen LogP contribution in [0.1, 0.15) is 37.4 Å². The van der Waals surface area contributed by atoms with Crippen molar-refractivity contribution in [1.82, 2.24) is 0 Å². The molecular weight excluding hydrogens is 476 g/mol. The normalized spacial score (nSPS) is 10.6. The number of benzene rings is 4. The van der Waals surface area contributed by atoms with Crippen LogP contribution in [0.15, 0.2) is 84.9 Å². The summed E-state index contributed by atoms with van der Waals surface area (Å²) in [5.41, 5.74) is 4.28. The van der Waals surface area contributed by atoms with E-state index in [4.69, 9.17) is 5.26 Å². The Morgan fingerprint density at radius 3 is 1.95 bits per heavy atom. The highest BCUT2D eigenvalue weighted by Crippen LogP contribution is 2.27. The molecule has 37 heavy (non-hydrogen) atoms. The van der Waals surface area contributed by atoms with E-state index in [0.29, 0.717) is 23.4 Å². The summed E-state index contributed by atoms with van der Waals surface area (Å²) in [6.07, 6.45) is 0.639. The van der Waals surface area contributed by atoms with Gasteiger partial charge < -0.3 is 26.0 Å². The molecule has 0 radical (unpaired) electrons. The Hall–Kier alpha value is -4.86. The Kier molecular flexibility index (Phi) is 7.68. The van der Waals surface area contributed by atoms with Gasteiger partial charge in [-0.1, -0.05) is 30.3 Å².